The second kappa shape index (κ2) is 9.35. The Bertz CT molecular complexity index is 1370. The van der Waals surface area contributed by atoms with Gasteiger partial charge in [0.2, 0.25) is 5.91 Å². The quantitative estimate of drug-likeness (QED) is 0.362. The van der Waals surface area contributed by atoms with Crippen molar-refractivity contribution in [1.29, 1.82) is 0 Å². The topological polar surface area (TPSA) is 62.2 Å². The third kappa shape index (κ3) is 4.31. The fourth-order valence-corrected chi connectivity index (χ4v) is 5.27. The first-order valence-corrected chi connectivity index (χ1v) is 12.0. The molecule has 2 aromatic heterocycles. The van der Waals surface area contributed by atoms with Gasteiger partial charge in [-0.15, -0.1) is 0 Å². The van der Waals surface area contributed by atoms with E-state index in [4.69, 9.17) is 12.2 Å². The maximum atomic E-state index is 11.5. The Labute approximate surface area is 210 Å². The van der Waals surface area contributed by atoms with Gasteiger partial charge in [0.15, 0.2) is 5.11 Å². The van der Waals surface area contributed by atoms with Crippen LogP contribution in [0.1, 0.15) is 41.7 Å². The molecule has 35 heavy (non-hydrogen) atoms. The molecule has 6 nitrogen and oxygen atoms in total. The van der Waals surface area contributed by atoms with Gasteiger partial charge in [-0.2, -0.15) is 0 Å². The van der Waals surface area contributed by atoms with Crippen molar-refractivity contribution < 1.29 is 4.79 Å². The molecule has 0 bridgehead atoms. The first kappa shape index (κ1) is 22.8. The van der Waals surface area contributed by atoms with Crippen LogP contribution in [-0.2, 0) is 4.79 Å². The maximum Gasteiger partial charge on any atom is 0.221 e. The summed E-state index contributed by atoms with van der Waals surface area (Å²) < 4.78 is 2.28. The number of aryl methyl sites for hydroxylation is 1. The number of benzene rings is 2. The largest absolute Gasteiger partial charge is 0.351 e. The number of para-hydroxylation sites is 1. The SMILES string of the molecule is CC(=O)Nc1ccc(N2C(=S)NC(c3ccccn3)C2c2cc(C)n(-c3ccccc3)c2C)cc1. The lowest BCUT2D eigenvalue weighted by molar-refractivity contribution is -0.114. The van der Waals surface area contributed by atoms with Crippen molar-refractivity contribution in [3.05, 3.63) is 108 Å². The van der Waals surface area contributed by atoms with Gasteiger partial charge < -0.3 is 20.1 Å². The van der Waals surface area contributed by atoms with Crippen molar-refractivity contribution in [3.8, 4) is 5.69 Å². The number of anilines is 2. The molecule has 2 aromatic carbocycles. The second-order valence-corrected chi connectivity index (χ2v) is 9.11. The maximum absolute atomic E-state index is 11.5. The molecule has 0 radical (unpaired) electrons. The summed E-state index contributed by atoms with van der Waals surface area (Å²) in [5, 5.41) is 7.00. The highest BCUT2D eigenvalue weighted by atomic mass is 32.1. The number of pyridine rings is 1. The lowest BCUT2D eigenvalue weighted by Crippen LogP contribution is -2.29. The lowest BCUT2D eigenvalue weighted by Gasteiger charge is -2.28. The Morgan fingerprint density at radius 2 is 1.69 bits per heavy atom. The van der Waals surface area contributed by atoms with E-state index in [1.807, 2.05) is 54.7 Å². The molecule has 0 spiro atoms. The minimum Gasteiger partial charge on any atom is -0.351 e. The summed E-state index contributed by atoms with van der Waals surface area (Å²) in [4.78, 5) is 18.3. The van der Waals surface area contributed by atoms with Crippen molar-refractivity contribution in [2.45, 2.75) is 32.9 Å². The molecule has 1 fully saturated rings. The third-order valence-corrected chi connectivity index (χ3v) is 6.68. The van der Waals surface area contributed by atoms with Crippen LogP contribution in [0.5, 0.6) is 0 Å². The number of hydrogen-bond acceptors (Lipinski definition) is 3. The number of thiocarbonyl (C=S) groups is 1. The molecule has 1 aliphatic rings. The van der Waals surface area contributed by atoms with Crippen LogP contribution in [0.4, 0.5) is 11.4 Å². The minimum absolute atomic E-state index is 0.0995. The second-order valence-electron chi connectivity index (χ2n) is 8.72. The fourth-order valence-electron chi connectivity index (χ4n) is 4.92. The number of amides is 1. The first-order chi connectivity index (χ1) is 16.9. The number of aromatic nitrogens is 2. The van der Waals surface area contributed by atoms with Gasteiger partial charge >= 0.3 is 0 Å². The zero-order valence-electron chi connectivity index (χ0n) is 19.9. The van der Waals surface area contributed by atoms with Crippen molar-refractivity contribution in [2.24, 2.45) is 0 Å². The van der Waals surface area contributed by atoms with E-state index in [0.717, 1.165) is 34.1 Å². The van der Waals surface area contributed by atoms with Gasteiger partial charge in [-0.1, -0.05) is 24.3 Å². The van der Waals surface area contributed by atoms with Crippen LogP contribution >= 0.6 is 12.2 Å². The zero-order valence-corrected chi connectivity index (χ0v) is 20.7. The number of rotatable bonds is 5. The molecule has 2 unspecified atom stereocenters. The number of nitrogens with one attached hydrogen (secondary N) is 2. The summed E-state index contributed by atoms with van der Waals surface area (Å²) >= 11 is 5.87. The predicted molar refractivity (Wildman–Crippen MR) is 144 cm³/mol. The molecule has 1 amide bonds. The summed E-state index contributed by atoms with van der Waals surface area (Å²) in [5.74, 6) is -0.0995. The smallest absolute Gasteiger partial charge is 0.221 e. The van der Waals surface area contributed by atoms with Crippen LogP contribution in [-0.4, -0.2) is 20.6 Å². The molecule has 7 heteroatoms. The molecule has 3 heterocycles. The van der Waals surface area contributed by atoms with E-state index < -0.39 is 0 Å². The highest BCUT2D eigenvalue weighted by Gasteiger charge is 2.42. The molecule has 0 saturated carbocycles. The Morgan fingerprint density at radius 3 is 2.34 bits per heavy atom. The van der Waals surface area contributed by atoms with E-state index in [9.17, 15) is 4.79 Å². The van der Waals surface area contributed by atoms with E-state index in [1.54, 1.807) is 0 Å². The van der Waals surface area contributed by atoms with E-state index in [-0.39, 0.29) is 18.0 Å². The molecular formula is C28H27N5OS. The summed E-state index contributed by atoms with van der Waals surface area (Å²) in [6.07, 6.45) is 1.81. The van der Waals surface area contributed by atoms with Crippen LogP contribution in [0.2, 0.25) is 0 Å². The van der Waals surface area contributed by atoms with Crippen LogP contribution in [0.25, 0.3) is 5.69 Å². The number of carbonyl (C=O) groups excluding carboxylic acids is 1. The summed E-state index contributed by atoms with van der Waals surface area (Å²) in [6, 6.07) is 26.1. The van der Waals surface area contributed by atoms with Crippen LogP contribution in [0.3, 0.4) is 0 Å². The first-order valence-electron chi connectivity index (χ1n) is 11.6. The van der Waals surface area contributed by atoms with Gasteiger partial charge in [0.25, 0.3) is 0 Å². The minimum atomic E-state index is -0.122. The normalized spacial score (nSPS) is 17.3. The number of hydrogen-bond donors (Lipinski definition) is 2. The Kier molecular flexibility index (Phi) is 6.09. The van der Waals surface area contributed by atoms with Gasteiger partial charge in [0, 0.05) is 41.6 Å². The summed E-state index contributed by atoms with van der Waals surface area (Å²) in [7, 11) is 0. The van der Waals surface area contributed by atoms with E-state index >= 15 is 0 Å². The molecular weight excluding hydrogens is 454 g/mol. The van der Waals surface area contributed by atoms with Gasteiger partial charge in [-0.3, -0.25) is 9.78 Å². The Balaban J connectivity index is 1.63. The van der Waals surface area contributed by atoms with Gasteiger partial charge in [0.1, 0.15) is 0 Å². The molecule has 0 aliphatic carbocycles. The van der Waals surface area contributed by atoms with Crippen molar-refractivity contribution in [1.82, 2.24) is 14.9 Å². The Hall–Kier alpha value is -3.97. The van der Waals surface area contributed by atoms with Gasteiger partial charge in [-0.25, -0.2) is 0 Å². The molecule has 2 atom stereocenters. The van der Waals surface area contributed by atoms with Crippen molar-refractivity contribution in [2.75, 3.05) is 10.2 Å². The highest BCUT2D eigenvalue weighted by Crippen LogP contribution is 2.43. The molecule has 1 saturated heterocycles. The lowest BCUT2D eigenvalue weighted by atomic mass is 9.96. The monoisotopic (exact) mass is 481 g/mol. The van der Waals surface area contributed by atoms with Crippen LogP contribution in [0, 0.1) is 13.8 Å². The fraction of sp³-hybridized carbons (Fsp3) is 0.179. The zero-order chi connectivity index (χ0) is 24.5. The van der Waals surface area contributed by atoms with Crippen molar-refractivity contribution >= 4 is 34.6 Å². The standard InChI is InChI=1S/C28H27N5OS/c1-18-17-24(19(2)32(18)22-9-5-4-6-10-22)27-26(25-11-7-8-16-29-25)31-28(35)33(27)23-14-12-21(13-15-23)30-20(3)34/h4-17,26-27H,1-3H3,(H,30,34)(H,31,35). The molecule has 2 N–H and O–H groups in total. The molecule has 5 rings (SSSR count). The molecule has 4 aromatic rings. The molecule has 1 aliphatic heterocycles. The third-order valence-electron chi connectivity index (χ3n) is 6.37. The van der Waals surface area contributed by atoms with E-state index in [1.165, 1.54) is 12.5 Å². The van der Waals surface area contributed by atoms with Gasteiger partial charge in [0.05, 0.1) is 17.8 Å². The van der Waals surface area contributed by atoms with E-state index in [2.05, 4.69) is 69.3 Å². The molecule has 176 valence electrons. The van der Waals surface area contributed by atoms with Crippen LogP contribution < -0.4 is 15.5 Å². The van der Waals surface area contributed by atoms with Crippen molar-refractivity contribution in [3.63, 3.8) is 0 Å². The Morgan fingerprint density at radius 1 is 0.971 bits per heavy atom. The van der Waals surface area contributed by atoms with Crippen LogP contribution in [0.15, 0.2) is 85.1 Å². The highest BCUT2D eigenvalue weighted by molar-refractivity contribution is 7.80. The number of carbonyl (C=O) groups is 1. The summed E-state index contributed by atoms with van der Waals surface area (Å²) in [5.41, 5.74) is 7.25. The summed E-state index contributed by atoms with van der Waals surface area (Å²) in [6.45, 7) is 5.79. The van der Waals surface area contributed by atoms with Gasteiger partial charge in [-0.05, 0) is 86.2 Å². The predicted octanol–water partition coefficient (Wildman–Crippen LogP) is 5.62. The average molecular weight is 482 g/mol. The van der Waals surface area contributed by atoms with E-state index in [0.29, 0.717) is 5.11 Å². The number of nitrogens with zero attached hydrogens (tertiary/aromatic N) is 3. The average Bonchev–Trinajstić information content (AvgIpc) is 3.35.